The van der Waals surface area contributed by atoms with Gasteiger partial charge in [-0.05, 0) is 137 Å². The van der Waals surface area contributed by atoms with Crippen LogP contribution in [0.3, 0.4) is 0 Å². The number of allylic oxidation sites excluding steroid dienone is 4. The molecular formula is C58H66KNO6. The average molecular weight is 912 g/mol. The number of aliphatic hydroxyl groups excluding tert-OH is 1. The Morgan fingerprint density at radius 3 is 1.23 bits per heavy atom. The molecule has 0 heterocycles. The molecule has 0 spiro atoms. The number of hydrogen-bond donors (Lipinski definition) is 1. The molecule has 340 valence electrons. The SMILES string of the molecule is CC#N.Cc1cc2c(cc1C(=O)c1ccc(C3=C(O)CCCC3=O)cc1)C(C)(C)CCC2(C)C.Cc1cc2c(cc1C(=O)c1ccc(C3=C([O-])CCCC3=O)cc1)C(C)(C)CCC2(C)C.[K+]. The van der Waals surface area contributed by atoms with Gasteiger partial charge in [-0.15, -0.1) is 5.76 Å². The Morgan fingerprint density at radius 1 is 0.561 bits per heavy atom. The molecule has 0 saturated heterocycles. The summed E-state index contributed by atoms with van der Waals surface area (Å²) < 4.78 is 0. The van der Waals surface area contributed by atoms with Crippen molar-refractivity contribution in [3.8, 4) is 6.07 Å². The zero-order valence-electron chi connectivity index (χ0n) is 41.4. The van der Waals surface area contributed by atoms with Crippen LogP contribution in [0, 0.1) is 25.2 Å². The number of nitrogens with zero attached hydrogens (tertiary/aromatic N) is 1. The predicted molar refractivity (Wildman–Crippen MR) is 258 cm³/mol. The first-order valence-electron chi connectivity index (χ1n) is 23.2. The number of Topliss-reactive ketones (excluding diaryl/α,β-unsaturated/α-hetero) is 2. The first-order valence-corrected chi connectivity index (χ1v) is 23.2. The van der Waals surface area contributed by atoms with Gasteiger partial charge in [0.25, 0.3) is 0 Å². The van der Waals surface area contributed by atoms with Crippen LogP contribution >= 0.6 is 0 Å². The molecule has 7 nitrogen and oxygen atoms in total. The molecule has 0 radical (unpaired) electrons. The molecule has 0 amide bonds. The summed E-state index contributed by atoms with van der Waals surface area (Å²) in [6.45, 7) is 23.6. The Hall–Kier alpha value is -4.23. The number of benzene rings is 4. The van der Waals surface area contributed by atoms with E-state index in [1.54, 1.807) is 54.6 Å². The smallest absolute Gasteiger partial charge is 0.875 e. The molecule has 4 aliphatic rings. The summed E-state index contributed by atoms with van der Waals surface area (Å²) in [6.07, 6.45) is 7.62. The maximum Gasteiger partial charge on any atom is 1.00 e. The fourth-order valence-electron chi connectivity index (χ4n) is 10.1. The van der Waals surface area contributed by atoms with Crippen LogP contribution in [0.5, 0.6) is 0 Å². The number of hydrogen-bond acceptors (Lipinski definition) is 7. The molecule has 4 aromatic carbocycles. The van der Waals surface area contributed by atoms with E-state index in [-0.39, 0.29) is 108 Å². The molecule has 0 fully saturated rings. The predicted octanol–water partition coefficient (Wildman–Crippen LogP) is 9.53. The van der Waals surface area contributed by atoms with Gasteiger partial charge in [-0.3, -0.25) is 19.2 Å². The molecule has 0 saturated carbocycles. The molecule has 1 N–H and O–H groups in total. The Labute approximate surface area is 435 Å². The summed E-state index contributed by atoms with van der Waals surface area (Å²) >= 11 is 0. The first-order chi connectivity index (χ1) is 30.4. The maximum atomic E-state index is 13.4. The zero-order valence-corrected chi connectivity index (χ0v) is 44.6. The molecule has 0 aliphatic heterocycles. The number of rotatable bonds is 6. The van der Waals surface area contributed by atoms with Crippen LogP contribution < -0.4 is 56.5 Å². The minimum atomic E-state index is -0.0919. The topological polar surface area (TPSA) is 135 Å². The van der Waals surface area contributed by atoms with Gasteiger partial charge in [0, 0.05) is 54.0 Å². The number of aryl methyl sites for hydroxylation is 2. The number of ketones is 4. The van der Waals surface area contributed by atoms with Crippen LogP contribution in [0.15, 0.2) is 84.3 Å². The zero-order chi connectivity index (χ0) is 47.8. The summed E-state index contributed by atoms with van der Waals surface area (Å²) in [6, 6.07) is 24.4. The number of fused-ring (bicyclic) bond motifs is 2. The van der Waals surface area contributed by atoms with E-state index in [9.17, 15) is 29.4 Å². The summed E-state index contributed by atoms with van der Waals surface area (Å²) in [7, 11) is 0. The van der Waals surface area contributed by atoms with Crippen molar-refractivity contribution in [2.45, 2.75) is 162 Å². The number of nitriles is 1. The second kappa shape index (κ2) is 20.6. The third-order valence-electron chi connectivity index (χ3n) is 14.5. The average Bonchev–Trinajstić information content (AvgIpc) is 3.24. The van der Waals surface area contributed by atoms with Gasteiger partial charge in [0.1, 0.15) is 5.76 Å². The first kappa shape index (κ1) is 52.7. The monoisotopic (exact) mass is 911 g/mol. The van der Waals surface area contributed by atoms with E-state index in [2.05, 4.69) is 79.7 Å². The fraction of sp³-hybridized carbons (Fsp3) is 0.431. The van der Waals surface area contributed by atoms with Crippen LogP contribution in [0.1, 0.15) is 203 Å². The minimum Gasteiger partial charge on any atom is -0.875 e. The fourth-order valence-corrected chi connectivity index (χ4v) is 10.1. The van der Waals surface area contributed by atoms with E-state index in [0.717, 1.165) is 47.9 Å². The number of carbonyl (C=O) groups is 4. The van der Waals surface area contributed by atoms with Gasteiger partial charge in [-0.2, -0.15) is 5.26 Å². The van der Waals surface area contributed by atoms with Crippen LogP contribution in [0.25, 0.3) is 11.1 Å². The van der Waals surface area contributed by atoms with Crippen molar-refractivity contribution in [1.29, 1.82) is 5.26 Å². The molecular weight excluding hydrogens is 846 g/mol. The van der Waals surface area contributed by atoms with Gasteiger partial charge in [0.2, 0.25) is 0 Å². The molecule has 0 bridgehead atoms. The third-order valence-corrected chi connectivity index (χ3v) is 14.5. The molecule has 0 unspecified atom stereocenters. The number of carbonyl (C=O) groups excluding carboxylic acids is 4. The van der Waals surface area contributed by atoms with Crippen LogP contribution in [0.4, 0.5) is 0 Å². The van der Waals surface area contributed by atoms with Gasteiger partial charge in [-0.25, -0.2) is 0 Å². The van der Waals surface area contributed by atoms with Crippen LogP contribution in [-0.4, -0.2) is 28.2 Å². The minimum absolute atomic E-state index is 0. The van der Waals surface area contributed by atoms with E-state index in [0.29, 0.717) is 71.9 Å². The van der Waals surface area contributed by atoms with E-state index in [4.69, 9.17) is 5.26 Å². The second-order valence-corrected chi connectivity index (χ2v) is 21.2. The van der Waals surface area contributed by atoms with Gasteiger partial charge in [0.05, 0.1) is 11.6 Å². The molecule has 66 heavy (non-hydrogen) atoms. The Morgan fingerprint density at radius 2 is 0.879 bits per heavy atom. The summed E-state index contributed by atoms with van der Waals surface area (Å²) in [5.41, 5.74) is 12.2. The normalized spacial score (nSPS) is 18.8. The molecule has 0 aromatic heterocycles. The summed E-state index contributed by atoms with van der Waals surface area (Å²) in [5, 5.41) is 29.7. The Kier molecular flexibility index (Phi) is 16.4. The van der Waals surface area contributed by atoms with Crippen molar-refractivity contribution < 1.29 is 80.8 Å². The largest absolute Gasteiger partial charge is 1.00 e. The quantitative estimate of drug-likeness (QED) is 0.150. The van der Waals surface area contributed by atoms with Crippen molar-refractivity contribution in [2.24, 2.45) is 0 Å². The van der Waals surface area contributed by atoms with Crippen molar-refractivity contribution in [3.05, 3.63) is 151 Å². The number of aliphatic hydroxyl groups is 1. The van der Waals surface area contributed by atoms with E-state index >= 15 is 0 Å². The van der Waals surface area contributed by atoms with Crippen molar-refractivity contribution >= 4 is 34.3 Å². The van der Waals surface area contributed by atoms with Crippen LogP contribution in [0.2, 0.25) is 0 Å². The maximum absolute atomic E-state index is 13.4. The molecule has 8 rings (SSSR count). The van der Waals surface area contributed by atoms with E-state index < -0.39 is 0 Å². The summed E-state index contributed by atoms with van der Waals surface area (Å²) in [5.74, 6) is -0.0724. The summed E-state index contributed by atoms with van der Waals surface area (Å²) in [4.78, 5) is 51.3. The molecule has 8 heteroatoms. The van der Waals surface area contributed by atoms with E-state index in [1.807, 2.05) is 13.8 Å². The van der Waals surface area contributed by atoms with Crippen LogP contribution in [-0.2, 0) is 31.2 Å². The molecule has 4 aliphatic carbocycles. The molecule has 4 aromatic rings. The molecule has 0 atom stereocenters. The Balaban J connectivity index is 0.000000230. The Bertz CT molecular complexity index is 2490. The van der Waals surface area contributed by atoms with E-state index in [1.165, 1.54) is 29.2 Å². The third kappa shape index (κ3) is 10.9. The van der Waals surface area contributed by atoms with Crippen molar-refractivity contribution in [1.82, 2.24) is 0 Å². The van der Waals surface area contributed by atoms with Gasteiger partial charge in [-0.1, -0.05) is 116 Å². The van der Waals surface area contributed by atoms with Gasteiger partial charge < -0.3 is 10.2 Å². The van der Waals surface area contributed by atoms with Gasteiger partial charge >= 0.3 is 51.4 Å². The standard InChI is InChI=1S/2C28H32O3.C2H3N.K/c2*1-17-15-21-22(28(4,5)14-13-27(21,2)3)16-20(17)26(31)19-11-9-18(10-12-19)25-23(29)7-6-8-24(25)30;1-2-3;/h2*9-12,15-16,29H,6-8,13-14H2,1-5H3;1H3;/q;;;+1/p-1. The van der Waals surface area contributed by atoms with Gasteiger partial charge in [0.15, 0.2) is 23.1 Å². The van der Waals surface area contributed by atoms with Crippen molar-refractivity contribution in [3.63, 3.8) is 0 Å². The van der Waals surface area contributed by atoms with Crippen molar-refractivity contribution in [2.75, 3.05) is 0 Å². The second-order valence-electron chi connectivity index (χ2n) is 21.2.